The summed E-state index contributed by atoms with van der Waals surface area (Å²) in [5.74, 6) is 0. The second-order valence-corrected chi connectivity index (χ2v) is 4.05. The molecule has 0 radical (unpaired) electrons. The number of rotatable bonds is 2. The third kappa shape index (κ3) is 1.71. The molecule has 2 fully saturated rings. The zero-order chi connectivity index (χ0) is 9.26. The average molecular weight is 181 g/mol. The third-order valence-corrected chi connectivity index (χ3v) is 3.17. The van der Waals surface area contributed by atoms with Crippen molar-refractivity contribution in [3.8, 4) is 0 Å². The van der Waals surface area contributed by atoms with Crippen molar-refractivity contribution in [1.82, 2.24) is 15.1 Å². The first-order valence-corrected chi connectivity index (χ1v) is 5.14. The van der Waals surface area contributed by atoms with Gasteiger partial charge in [0.05, 0.1) is 6.67 Å². The molecule has 2 aliphatic heterocycles. The van der Waals surface area contributed by atoms with E-state index in [4.69, 9.17) is 0 Å². The van der Waals surface area contributed by atoms with E-state index >= 15 is 0 Å². The predicted molar refractivity (Wildman–Crippen MR) is 54.4 cm³/mol. The van der Waals surface area contributed by atoms with Crippen LogP contribution in [0.25, 0.3) is 0 Å². The Hall–Kier alpha value is -0.540. The third-order valence-electron chi connectivity index (χ3n) is 3.17. The maximum atomic E-state index is 4.21. The molecule has 0 aliphatic carbocycles. The first-order chi connectivity index (χ1) is 6.29. The van der Waals surface area contributed by atoms with Gasteiger partial charge in [-0.3, -0.25) is 10.2 Å². The molecule has 2 rings (SSSR count). The molecule has 2 saturated heterocycles. The molecule has 2 aliphatic rings. The van der Waals surface area contributed by atoms with Gasteiger partial charge in [0.25, 0.3) is 0 Å². The number of likely N-dealkylation sites (tertiary alicyclic amines) is 1. The van der Waals surface area contributed by atoms with Gasteiger partial charge in [0.15, 0.2) is 0 Å². The van der Waals surface area contributed by atoms with Gasteiger partial charge >= 0.3 is 0 Å². The zero-order valence-electron chi connectivity index (χ0n) is 8.42. The molecule has 1 atom stereocenters. The first-order valence-electron chi connectivity index (χ1n) is 5.14. The van der Waals surface area contributed by atoms with Crippen molar-refractivity contribution < 1.29 is 0 Å². The van der Waals surface area contributed by atoms with E-state index in [-0.39, 0.29) is 0 Å². The summed E-state index contributed by atoms with van der Waals surface area (Å²) >= 11 is 0. The number of nitrogens with zero attached hydrogens (tertiary/aromatic N) is 2. The Bertz CT molecular complexity index is 196. The van der Waals surface area contributed by atoms with Crippen molar-refractivity contribution in [2.24, 2.45) is 0 Å². The van der Waals surface area contributed by atoms with Crippen LogP contribution >= 0.6 is 0 Å². The molecule has 0 saturated carbocycles. The minimum atomic E-state index is 0.597. The summed E-state index contributed by atoms with van der Waals surface area (Å²) in [5, 5.41) is 3.34. The molecule has 3 heteroatoms. The number of hydrogen-bond donors (Lipinski definition) is 1. The lowest BCUT2D eigenvalue weighted by Gasteiger charge is -2.28. The van der Waals surface area contributed by atoms with Crippen LogP contribution in [-0.2, 0) is 0 Å². The maximum absolute atomic E-state index is 4.21. The highest BCUT2D eigenvalue weighted by atomic mass is 15.3. The van der Waals surface area contributed by atoms with Crippen molar-refractivity contribution in [1.29, 1.82) is 0 Å². The lowest BCUT2D eigenvalue weighted by atomic mass is 10.1. The van der Waals surface area contributed by atoms with Gasteiger partial charge in [0.1, 0.15) is 0 Å². The molecule has 1 unspecified atom stereocenters. The highest BCUT2D eigenvalue weighted by Gasteiger charge is 2.27. The summed E-state index contributed by atoms with van der Waals surface area (Å²) in [4.78, 5) is 4.78. The van der Waals surface area contributed by atoms with Crippen LogP contribution < -0.4 is 5.32 Å². The minimum Gasteiger partial charge on any atom is -0.360 e. The molecule has 74 valence electrons. The van der Waals surface area contributed by atoms with Gasteiger partial charge in [-0.15, -0.1) is 0 Å². The van der Waals surface area contributed by atoms with E-state index in [0.717, 1.165) is 19.8 Å². The van der Waals surface area contributed by atoms with Gasteiger partial charge in [-0.05, 0) is 26.4 Å². The summed E-state index contributed by atoms with van der Waals surface area (Å²) in [7, 11) is 2.20. The Morgan fingerprint density at radius 1 is 1.46 bits per heavy atom. The van der Waals surface area contributed by atoms with Crippen LogP contribution in [0.1, 0.15) is 12.8 Å². The van der Waals surface area contributed by atoms with E-state index in [1.807, 2.05) is 0 Å². The Morgan fingerprint density at radius 2 is 2.31 bits per heavy atom. The second kappa shape index (κ2) is 3.68. The normalized spacial score (nSPS) is 29.9. The van der Waals surface area contributed by atoms with Crippen LogP contribution in [0.4, 0.5) is 0 Å². The summed E-state index contributed by atoms with van der Waals surface area (Å²) in [6.45, 7) is 8.66. The van der Waals surface area contributed by atoms with E-state index in [2.05, 4.69) is 28.7 Å². The summed E-state index contributed by atoms with van der Waals surface area (Å²) < 4.78 is 0. The van der Waals surface area contributed by atoms with Crippen molar-refractivity contribution in [3.05, 3.63) is 12.3 Å². The molecule has 0 aromatic heterocycles. The van der Waals surface area contributed by atoms with Gasteiger partial charge in [-0.1, -0.05) is 6.58 Å². The van der Waals surface area contributed by atoms with Gasteiger partial charge < -0.3 is 4.90 Å². The van der Waals surface area contributed by atoms with Crippen LogP contribution in [-0.4, -0.2) is 49.2 Å². The number of likely N-dealkylation sites (N-methyl/N-ethyl adjacent to an activating group) is 1. The molecule has 0 bridgehead atoms. The fourth-order valence-corrected chi connectivity index (χ4v) is 2.29. The van der Waals surface area contributed by atoms with Crippen molar-refractivity contribution in [3.63, 3.8) is 0 Å². The van der Waals surface area contributed by atoms with Crippen LogP contribution in [0.2, 0.25) is 0 Å². The fraction of sp³-hybridized carbons (Fsp3) is 0.800. The van der Waals surface area contributed by atoms with Crippen LogP contribution in [0, 0.1) is 0 Å². The van der Waals surface area contributed by atoms with Gasteiger partial charge in [0.2, 0.25) is 0 Å². The molecule has 3 nitrogen and oxygen atoms in total. The highest BCUT2D eigenvalue weighted by Crippen LogP contribution is 2.23. The lowest BCUT2D eigenvalue weighted by Crippen LogP contribution is -2.35. The number of hydrogen-bond acceptors (Lipinski definition) is 3. The Morgan fingerprint density at radius 3 is 2.85 bits per heavy atom. The lowest BCUT2D eigenvalue weighted by molar-refractivity contribution is 0.279. The van der Waals surface area contributed by atoms with Gasteiger partial charge in [-0.25, -0.2) is 0 Å². The minimum absolute atomic E-state index is 0.597. The van der Waals surface area contributed by atoms with Crippen molar-refractivity contribution in [2.75, 3.05) is 33.4 Å². The SMILES string of the molecule is C=C(C1CCCN1C)N1CCNC1. The van der Waals surface area contributed by atoms with E-state index in [9.17, 15) is 0 Å². The monoisotopic (exact) mass is 181 g/mol. The maximum Gasteiger partial charge on any atom is 0.0680 e. The van der Waals surface area contributed by atoms with Gasteiger partial charge in [-0.2, -0.15) is 0 Å². The largest absolute Gasteiger partial charge is 0.360 e. The van der Waals surface area contributed by atoms with Gasteiger partial charge in [0, 0.05) is 24.8 Å². The quantitative estimate of drug-likeness (QED) is 0.667. The molecule has 1 N–H and O–H groups in total. The molecule has 0 spiro atoms. The number of nitrogens with one attached hydrogen (secondary N) is 1. The average Bonchev–Trinajstić information content (AvgIpc) is 2.72. The fourth-order valence-electron chi connectivity index (χ4n) is 2.29. The molecule has 0 amide bonds. The first kappa shape index (κ1) is 9.03. The van der Waals surface area contributed by atoms with E-state index < -0.39 is 0 Å². The predicted octanol–water partition coefficient (Wildman–Crippen LogP) is 0.457. The Balaban J connectivity index is 1.95. The standard InChI is InChI=1S/C10H19N3/c1-9(13-7-5-11-8-13)10-4-3-6-12(10)2/h10-11H,1,3-8H2,2H3. The Labute approximate surface area is 80.4 Å². The smallest absolute Gasteiger partial charge is 0.0680 e. The van der Waals surface area contributed by atoms with E-state index in [1.165, 1.54) is 25.1 Å². The summed E-state index contributed by atoms with van der Waals surface area (Å²) in [5.41, 5.74) is 1.31. The molecule has 2 heterocycles. The van der Waals surface area contributed by atoms with Crippen LogP contribution in [0.15, 0.2) is 12.3 Å². The highest BCUT2D eigenvalue weighted by molar-refractivity contribution is 5.08. The van der Waals surface area contributed by atoms with Crippen LogP contribution in [0.5, 0.6) is 0 Å². The van der Waals surface area contributed by atoms with E-state index in [1.54, 1.807) is 0 Å². The molecule has 0 aromatic rings. The molecular formula is C10H19N3. The molecule has 0 aromatic carbocycles. The second-order valence-electron chi connectivity index (χ2n) is 4.05. The topological polar surface area (TPSA) is 18.5 Å². The van der Waals surface area contributed by atoms with Crippen molar-refractivity contribution in [2.45, 2.75) is 18.9 Å². The summed E-state index contributed by atoms with van der Waals surface area (Å²) in [6, 6.07) is 0.597. The molecule has 13 heavy (non-hydrogen) atoms. The summed E-state index contributed by atoms with van der Waals surface area (Å²) in [6.07, 6.45) is 2.60. The zero-order valence-corrected chi connectivity index (χ0v) is 8.42. The molecular weight excluding hydrogens is 162 g/mol. The van der Waals surface area contributed by atoms with Crippen LogP contribution in [0.3, 0.4) is 0 Å². The van der Waals surface area contributed by atoms with Crippen molar-refractivity contribution >= 4 is 0 Å². The Kier molecular flexibility index (Phi) is 2.56. The van der Waals surface area contributed by atoms with E-state index in [0.29, 0.717) is 6.04 Å².